The summed E-state index contributed by atoms with van der Waals surface area (Å²) in [5, 5.41) is 2.53. The van der Waals surface area contributed by atoms with Gasteiger partial charge in [0.15, 0.2) is 0 Å². The number of rotatable bonds is 11. The Morgan fingerprint density at radius 2 is 1.58 bits per heavy atom. The standard InChI is InChI=1S/C20H33NO3/c1-2-3-4-5-6-7-8-9-10-11-13-20-14-12-15(24-20)16-17(20)19(23)21-18(16)22/h15-17H,2-14H2,1H3,(H,21,22,23). The van der Waals surface area contributed by atoms with Gasteiger partial charge in [-0.25, -0.2) is 0 Å². The summed E-state index contributed by atoms with van der Waals surface area (Å²) < 4.78 is 6.17. The summed E-state index contributed by atoms with van der Waals surface area (Å²) in [5.74, 6) is -0.587. The summed E-state index contributed by atoms with van der Waals surface area (Å²) in [7, 11) is 0. The molecule has 3 aliphatic rings. The van der Waals surface area contributed by atoms with Gasteiger partial charge in [-0.3, -0.25) is 14.9 Å². The lowest BCUT2D eigenvalue weighted by Crippen LogP contribution is -2.40. The Bertz CT molecular complexity index is 464. The molecular formula is C20H33NO3. The van der Waals surface area contributed by atoms with Crippen LogP contribution in [0.4, 0.5) is 0 Å². The molecule has 3 heterocycles. The highest BCUT2D eigenvalue weighted by atomic mass is 16.5. The lowest BCUT2D eigenvalue weighted by Gasteiger charge is -2.30. The minimum atomic E-state index is -0.328. The van der Waals surface area contributed by atoms with Crippen molar-refractivity contribution >= 4 is 11.8 Å². The third-order valence-electron chi connectivity index (χ3n) is 6.35. The topological polar surface area (TPSA) is 55.4 Å². The minimum Gasteiger partial charge on any atom is -0.370 e. The molecule has 0 aliphatic carbocycles. The average Bonchev–Trinajstić information content (AvgIpc) is 3.21. The van der Waals surface area contributed by atoms with E-state index >= 15 is 0 Å². The summed E-state index contributed by atoms with van der Waals surface area (Å²) in [6, 6.07) is 0. The van der Waals surface area contributed by atoms with Gasteiger partial charge in [0, 0.05) is 0 Å². The molecule has 4 heteroatoms. The molecule has 0 spiro atoms. The van der Waals surface area contributed by atoms with Crippen LogP contribution in [0.2, 0.25) is 0 Å². The van der Waals surface area contributed by atoms with Crippen LogP contribution >= 0.6 is 0 Å². The highest BCUT2D eigenvalue weighted by Crippen LogP contribution is 2.55. The predicted octanol–water partition coefficient (Wildman–Crippen LogP) is 4.12. The lowest BCUT2D eigenvalue weighted by atomic mass is 9.71. The van der Waals surface area contributed by atoms with E-state index in [0.717, 1.165) is 25.7 Å². The van der Waals surface area contributed by atoms with Gasteiger partial charge in [0.1, 0.15) is 0 Å². The number of unbranched alkanes of at least 4 members (excludes halogenated alkanes) is 9. The van der Waals surface area contributed by atoms with Crippen molar-refractivity contribution in [3.8, 4) is 0 Å². The first kappa shape index (κ1) is 17.9. The number of imide groups is 1. The van der Waals surface area contributed by atoms with E-state index in [2.05, 4.69) is 12.2 Å². The quantitative estimate of drug-likeness (QED) is 0.456. The Labute approximate surface area is 146 Å². The van der Waals surface area contributed by atoms with E-state index < -0.39 is 0 Å². The maximum absolute atomic E-state index is 12.1. The molecular weight excluding hydrogens is 302 g/mol. The molecule has 3 fully saturated rings. The Morgan fingerprint density at radius 3 is 2.25 bits per heavy atom. The van der Waals surface area contributed by atoms with Gasteiger partial charge in [-0.15, -0.1) is 0 Å². The second-order valence-electron chi connectivity index (χ2n) is 8.05. The van der Waals surface area contributed by atoms with E-state index in [1.54, 1.807) is 0 Å². The fraction of sp³-hybridized carbons (Fsp3) is 0.900. The van der Waals surface area contributed by atoms with E-state index in [9.17, 15) is 9.59 Å². The van der Waals surface area contributed by atoms with Crippen LogP contribution in [0.5, 0.6) is 0 Å². The van der Waals surface area contributed by atoms with Crippen LogP contribution in [0.3, 0.4) is 0 Å². The molecule has 0 aromatic heterocycles. The summed E-state index contributed by atoms with van der Waals surface area (Å²) >= 11 is 0. The third kappa shape index (κ3) is 3.54. The van der Waals surface area contributed by atoms with Crippen LogP contribution in [-0.2, 0) is 14.3 Å². The molecule has 0 radical (unpaired) electrons. The van der Waals surface area contributed by atoms with Crippen LogP contribution < -0.4 is 5.32 Å². The zero-order chi connectivity index (χ0) is 17.0. The monoisotopic (exact) mass is 335 g/mol. The number of amides is 2. The number of hydrogen-bond donors (Lipinski definition) is 1. The molecule has 3 aliphatic heterocycles. The van der Waals surface area contributed by atoms with Crippen molar-refractivity contribution in [3.05, 3.63) is 0 Å². The number of ether oxygens (including phenoxy) is 1. The zero-order valence-electron chi connectivity index (χ0n) is 15.1. The lowest BCUT2D eigenvalue weighted by molar-refractivity contribution is -0.131. The highest BCUT2D eigenvalue weighted by molar-refractivity contribution is 6.06. The Kier molecular flexibility index (Phi) is 5.96. The van der Waals surface area contributed by atoms with Gasteiger partial charge in [-0.05, 0) is 19.3 Å². The molecule has 1 N–H and O–H groups in total. The molecule has 24 heavy (non-hydrogen) atoms. The molecule has 3 rings (SSSR count). The largest absolute Gasteiger partial charge is 0.370 e. The SMILES string of the molecule is CCCCCCCCCCCCC12CCC(O1)C1C(=O)NC(=O)C12. The van der Waals surface area contributed by atoms with Crippen molar-refractivity contribution in [2.45, 2.75) is 102 Å². The zero-order valence-corrected chi connectivity index (χ0v) is 15.1. The summed E-state index contributed by atoms with van der Waals surface area (Å²) in [5.41, 5.74) is -0.328. The van der Waals surface area contributed by atoms with Gasteiger partial charge in [0.05, 0.1) is 23.5 Å². The van der Waals surface area contributed by atoms with Crippen LogP contribution in [0, 0.1) is 11.8 Å². The molecule has 0 saturated carbocycles. The van der Waals surface area contributed by atoms with Crippen LogP contribution in [0.25, 0.3) is 0 Å². The highest BCUT2D eigenvalue weighted by Gasteiger charge is 2.66. The third-order valence-corrected chi connectivity index (χ3v) is 6.35. The van der Waals surface area contributed by atoms with Gasteiger partial charge in [-0.2, -0.15) is 0 Å². The Hall–Kier alpha value is -0.900. The van der Waals surface area contributed by atoms with E-state index in [4.69, 9.17) is 4.74 Å². The summed E-state index contributed by atoms with van der Waals surface area (Å²) in [4.78, 5) is 24.1. The first-order valence-electron chi connectivity index (χ1n) is 10.2. The molecule has 2 bridgehead atoms. The Morgan fingerprint density at radius 1 is 0.958 bits per heavy atom. The van der Waals surface area contributed by atoms with Gasteiger partial charge in [0.25, 0.3) is 0 Å². The molecule has 4 unspecified atom stereocenters. The van der Waals surface area contributed by atoms with Gasteiger partial charge in [0.2, 0.25) is 11.8 Å². The number of hydrogen-bond acceptors (Lipinski definition) is 3. The fourth-order valence-electron chi connectivity index (χ4n) is 5.09. The first-order chi connectivity index (χ1) is 11.7. The maximum atomic E-state index is 12.1. The molecule has 4 atom stereocenters. The summed E-state index contributed by atoms with van der Waals surface area (Å²) in [6.07, 6.45) is 16.0. The minimum absolute atomic E-state index is 0.00966. The van der Waals surface area contributed by atoms with Crippen LogP contribution in [0.1, 0.15) is 90.4 Å². The predicted molar refractivity (Wildman–Crippen MR) is 93.4 cm³/mol. The van der Waals surface area contributed by atoms with Crippen molar-refractivity contribution in [1.82, 2.24) is 5.32 Å². The van der Waals surface area contributed by atoms with Crippen molar-refractivity contribution in [1.29, 1.82) is 0 Å². The number of carbonyl (C=O) groups is 2. The fourth-order valence-corrected chi connectivity index (χ4v) is 5.09. The summed E-state index contributed by atoms with van der Waals surface area (Å²) in [6.45, 7) is 2.26. The van der Waals surface area contributed by atoms with Gasteiger partial charge < -0.3 is 4.74 Å². The van der Waals surface area contributed by atoms with E-state index in [-0.39, 0.29) is 35.4 Å². The van der Waals surface area contributed by atoms with E-state index in [0.29, 0.717) is 0 Å². The smallest absolute Gasteiger partial charge is 0.233 e. The van der Waals surface area contributed by atoms with Crippen molar-refractivity contribution in [2.24, 2.45) is 11.8 Å². The van der Waals surface area contributed by atoms with Crippen LogP contribution in [0.15, 0.2) is 0 Å². The first-order valence-corrected chi connectivity index (χ1v) is 10.2. The van der Waals surface area contributed by atoms with Crippen molar-refractivity contribution < 1.29 is 14.3 Å². The number of nitrogens with one attached hydrogen (secondary N) is 1. The average molecular weight is 335 g/mol. The normalized spacial score (nSPS) is 34.0. The molecule has 0 aromatic carbocycles. The molecule has 136 valence electrons. The van der Waals surface area contributed by atoms with E-state index in [1.807, 2.05) is 0 Å². The van der Waals surface area contributed by atoms with E-state index in [1.165, 1.54) is 57.8 Å². The maximum Gasteiger partial charge on any atom is 0.233 e. The van der Waals surface area contributed by atoms with Crippen molar-refractivity contribution in [2.75, 3.05) is 0 Å². The van der Waals surface area contributed by atoms with Crippen LogP contribution in [-0.4, -0.2) is 23.5 Å². The molecule has 2 amide bonds. The number of carbonyl (C=O) groups excluding carboxylic acids is 2. The molecule has 0 aromatic rings. The molecule has 3 saturated heterocycles. The Balaban J connectivity index is 1.32. The second-order valence-corrected chi connectivity index (χ2v) is 8.05. The number of fused-ring (bicyclic) bond motifs is 5. The molecule has 4 nitrogen and oxygen atoms in total. The van der Waals surface area contributed by atoms with Gasteiger partial charge in [-0.1, -0.05) is 71.1 Å². The van der Waals surface area contributed by atoms with Gasteiger partial charge >= 0.3 is 0 Å². The van der Waals surface area contributed by atoms with Crippen molar-refractivity contribution in [3.63, 3.8) is 0 Å². The second kappa shape index (κ2) is 7.99.